The van der Waals surface area contributed by atoms with Gasteiger partial charge in [0.2, 0.25) is 0 Å². The van der Waals surface area contributed by atoms with Gasteiger partial charge in [0, 0.05) is 4.91 Å². The molecule has 0 bridgehead atoms. The van der Waals surface area contributed by atoms with Crippen molar-refractivity contribution < 1.29 is 0 Å². The quantitative estimate of drug-likeness (QED) is 0.340. The smallest absolute Gasteiger partial charge is 0.293 e. The molecule has 0 aliphatic heterocycles. The highest BCUT2D eigenvalue weighted by atomic mass is 16.1. The van der Waals surface area contributed by atoms with Crippen LogP contribution in [-0.4, -0.2) is 15.2 Å². The summed E-state index contributed by atoms with van der Waals surface area (Å²) in [6.07, 6.45) is 0. The summed E-state index contributed by atoms with van der Waals surface area (Å²) in [5.41, 5.74) is 7.46. The Morgan fingerprint density at radius 1 is 1.80 bits per heavy atom. The summed E-state index contributed by atoms with van der Waals surface area (Å²) in [4.78, 5) is 15.2. The van der Waals surface area contributed by atoms with E-state index in [-0.39, 0.29) is 6.54 Å². The van der Waals surface area contributed by atoms with Crippen molar-refractivity contribution in [3.63, 3.8) is 0 Å². The zero-order valence-corrected chi connectivity index (χ0v) is 4.90. The predicted octanol–water partition coefficient (Wildman–Crippen LogP) is -0.0917. The largest absolute Gasteiger partial charge is 0.340 e. The van der Waals surface area contributed by atoms with E-state index in [1.165, 1.54) is 0 Å². The molecule has 0 amide bonds. The second-order valence-electron chi connectivity index (χ2n) is 1.51. The molecule has 0 atom stereocenters. The minimum Gasteiger partial charge on any atom is -0.293 e. The van der Waals surface area contributed by atoms with Crippen molar-refractivity contribution in [1.29, 1.82) is 0 Å². The first-order valence-electron chi connectivity index (χ1n) is 2.47. The molecule has 7 heteroatoms. The topological polar surface area (TPSA) is 110 Å². The first-order valence-corrected chi connectivity index (χ1v) is 2.47. The lowest BCUT2D eigenvalue weighted by Crippen LogP contribution is -2.00. The molecule has 0 aliphatic rings. The Bertz CT molecular complexity index is 303. The standard InChI is InChI=1S/C3H4N6O/c4-9-5-1-2-6-3(10)8-7-2/h1H2,(H2,6,7,8,10). The normalized spacial score (nSPS) is 8.80. The van der Waals surface area contributed by atoms with Crippen molar-refractivity contribution in [3.05, 3.63) is 26.8 Å². The molecule has 0 aromatic carbocycles. The van der Waals surface area contributed by atoms with Crippen molar-refractivity contribution in [3.8, 4) is 0 Å². The summed E-state index contributed by atoms with van der Waals surface area (Å²) in [5, 5.41) is 8.81. The van der Waals surface area contributed by atoms with Crippen molar-refractivity contribution >= 4 is 0 Å². The lowest BCUT2D eigenvalue weighted by molar-refractivity contribution is 0.908. The molecule has 2 N–H and O–H groups in total. The first-order chi connectivity index (χ1) is 4.83. The SMILES string of the molecule is [N-]=[N+]=NCc1n[nH]c(=O)[nH]1. The van der Waals surface area contributed by atoms with Gasteiger partial charge in [0.05, 0.1) is 6.54 Å². The number of rotatable bonds is 2. The fourth-order valence-electron chi connectivity index (χ4n) is 0.479. The molecule has 1 aromatic rings. The number of hydrogen-bond acceptors (Lipinski definition) is 3. The van der Waals surface area contributed by atoms with Crippen LogP contribution in [0.2, 0.25) is 0 Å². The molecule has 0 radical (unpaired) electrons. The van der Waals surface area contributed by atoms with Gasteiger partial charge in [-0.3, -0.25) is 4.98 Å². The number of hydrogen-bond donors (Lipinski definition) is 2. The van der Waals surface area contributed by atoms with E-state index in [0.29, 0.717) is 5.82 Å². The van der Waals surface area contributed by atoms with Crippen LogP contribution in [0.1, 0.15) is 5.82 Å². The molecule has 0 saturated heterocycles. The molecule has 10 heavy (non-hydrogen) atoms. The molecule has 1 rings (SSSR count). The molecule has 1 heterocycles. The summed E-state index contributed by atoms with van der Waals surface area (Å²) in [7, 11) is 0. The highest BCUT2D eigenvalue weighted by Crippen LogP contribution is 1.84. The molecule has 52 valence electrons. The van der Waals surface area contributed by atoms with Crippen LogP contribution in [0, 0.1) is 0 Å². The maximum absolute atomic E-state index is 10.3. The van der Waals surface area contributed by atoms with Crippen molar-refractivity contribution in [2.75, 3.05) is 0 Å². The third-order valence-electron chi connectivity index (χ3n) is 0.834. The van der Waals surface area contributed by atoms with E-state index in [1.807, 2.05) is 0 Å². The van der Waals surface area contributed by atoms with Gasteiger partial charge in [0.1, 0.15) is 5.82 Å². The monoisotopic (exact) mass is 140 g/mol. The first kappa shape index (κ1) is 6.37. The van der Waals surface area contributed by atoms with Crippen LogP contribution in [0.3, 0.4) is 0 Å². The average Bonchev–Trinajstić information content (AvgIpc) is 2.31. The number of nitrogens with one attached hydrogen (secondary N) is 2. The fraction of sp³-hybridized carbons (Fsp3) is 0.333. The molecular formula is C3H4N6O. The van der Waals surface area contributed by atoms with Gasteiger partial charge in [0.25, 0.3) is 0 Å². The van der Waals surface area contributed by atoms with Crippen LogP contribution < -0.4 is 5.69 Å². The lowest BCUT2D eigenvalue weighted by atomic mass is 10.6. The van der Waals surface area contributed by atoms with Gasteiger partial charge in [-0.1, -0.05) is 5.11 Å². The minimum atomic E-state index is -0.400. The predicted molar refractivity (Wildman–Crippen MR) is 32.1 cm³/mol. The molecule has 0 spiro atoms. The van der Waals surface area contributed by atoms with Gasteiger partial charge in [0.15, 0.2) is 0 Å². The Kier molecular flexibility index (Phi) is 1.72. The van der Waals surface area contributed by atoms with E-state index in [4.69, 9.17) is 5.53 Å². The van der Waals surface area contributed by atoms with Crippen LogP contribution in [0.4, 0.5) is 0 Å². The maximum Gasteiger partial charge on any atom is 0.340 e. The molecule has 0 saturated carbocycles. The summed E-state index contributed by atoms with van der Waals surface area (Å²) >= 11 is 0. The van der Waals surface area contributed by atoms with Crippen LogP contribution in [0.15, 0.2) is 9.91 Å². The van der Waals surface area contributed by atoms with Crippen LogP contribution >= 0.6 is 0 Å². The highest BCUT2D eigenvalue weighted by Gasteiger charge is 1.92. The Balaban J connectivity index is 2.76. The highest BCUT2D eigenvalue weighted by molar-refractivity contribution is 4.78. The van der Waals surface area contributed by atoms with Crippen molar-refractivity contribution in [2.24, 2.45) is 5.11 Å². The fourth-order valence-corrected chi connectivity index (χ4v) is 0.479. The second kappa shape index (κ2) is 2.70. The number of H-pyrrole nitrogens is 2. The van der Waals surface area contributed by atoms with Gasteiger partial charge < -0.3 is 0 Å². The number of aromatic nitrogens is 3. The van der Waals surface area contributed by atoms with Crippen molar-refractivity contribution in [2.45, 2.75) is 6.54 Å². The van der Waals surface area contributed by atoms with E-state index >= 15 is 0 Å². The van der Waals surface area contributed by atoms with Crippen LogP contribution in [0.25, 0.3) is 10.4 Å². The van der Waals surface area contributed by atoms with E-state index in [0.717, 1.165) is 0 Å². The number of azide groups is 1. The van der Waals surface area contributed by atoms with E-state index in [9.17, 15) is 4.79 Å². The summed E-state index contributed by atoms with van der Waals surface area (Å²) < 4.78 is 0. The molecular weight excluding hydrogens is 136 g/mol. The van der Waals surface area contributed by atoms with Crippen LogP contribution in [-0.2, 0) is 6.54 Å². The number of aromatic amines is 2. The maximum atomic E-state index is 10.3. The average molecular weight is 140 g/mol. The minimum absolute atomic E-state index is 0.0647. The third-order valence-corrected chi connectivity index (χ3v) is 0.834. The summed E-state index contributed by atoms with van der Waals surface area (Å²) in [6.45, 7) is 0.0647. The van der Waals surface area contributed by atoms with Gasteiger partial charge >= 0.3 is 5.69 Å². The zero-order valence-electron chi connectivity index (χ0n) is 4.90. The summed E-state index contributed by atoms with van der Waals surface area (Å²) in [6, 6.07) is 0. The number of nitrogens with zero attached hydrogens (tertiary/aromatic N) is 4. The lowest BCUT2D eigenvalue weighted by Gasteiger charge is -1.78. The van der Waals surface area contributed by atoms with Gasteiger partial charge in [-0.15, -0.1) is 0 Å². The van der Waals surface area contributed by atoms with Crippen LogP contribution in [0.5, 0.6) is 0 Å². The zero-order chi connectivity index (χ0) is 7.40. The van der Waals surface area contributed by atoms with E-state index in [1.54, 1.807) is 0 Å². The molecule has 0 unspecified atom stereocenters. The second-order valence-corrected chi connectivity index (χ2v) is 1.51. The molecule has 1 aromatic heterocycles. The van der Waals surface area contributed by atoms with E-state index in [2.05, 4.69) is 25.2 Å². The van der Waals surface area contributed by atoms with Gasteiger partial charge in [-0.2, -0.15) is 5.10 Å². The molecule has 0 fully saturated rings. The molecule has 7 nitrogen and oxygen atoms in total. The Labute approximate surface area is 54.7 Å². The van der Waals surface area contributed by atoms with E-state index < -0.39 is 5.69 Å². The summed E-state index contributed by atoms with van der Waals surface area (Å²) in [5.74, 6) is 0.336. The third kappa shape index (κ3) is 1.36. The van der Waals surface area contributed by atoms with Gasteiger partial charge in [-0.25, -0.2) is 9.89 Å². The van der Waals surface area contributed by atoms with Crippen molar-refractivity contribution in [1.82, 2.24) is 15.2 Å². The Morgan fingerprint density at radius 2 is 2.60 bits per heavy atom. The Morgan fingerprint density at radius 3 is 3.10 bits per heavy atom. The molecule has 0 aliphatic carbocycles. The van der Waals surface area contributed by atoms with Gasteiger partial charge in [-0.05, 0) is 5.53 Å². The Hall–Kier alpha value is -1.75.